The number of amides is 1. The largest absolute Gasteiger partial charge is 0.404 e. The minimum absolute atomic E-state index is 0.00243. The van der Waals surface area contributed by atoms with Gasteiger partial charge in [0.15, 0.2) is 0 Å². The molecule has 5 rings (SSSR count). The summed E-state index contributed by atoms with van der Waals surface area (Å²) in [5.74, 6) is 0.00243. The topological polar surface area (TPSA) is 98.6 Å². The van der Waals surface area contributed by atoms with Crippen molar-refractivity contribution in [3.63, 3.8) is 0 Å². The maximum atomic E-state index is 13.9. The molecule has 2 aliphatic rings. The summed E-state index contributed by atoms with van der Waals surface area (Å²) in [6, 6.07) is 15.6. The standard InChI is InChI=1S/C26H28N6O2/c27-15-20(22-10-4-5-11-29-22)16-28-17-21-9-6-12-31(21)26(33)24-23-18-34-14-13-32(23)30-25(24)19-7-2-1-3-8-19/h1-5,7-8,10-11,15-16,21H,6,9,12-14,17-18,27H2/b20-15+,28-16?/t21-/m0/s1. The predicted molar refractivity (Wildman–Crippen MR) is 131 cm³/mol. The normalized spacial score (nSPS) is 18.4. The van der Waals surface area contributed by atoms with Crippen molar-refractivity contribution >= 4 is 17.7 Å². The molecule has 2 N–H and O–H groups in total. The van der Waals surface area contributed by atoms with E-state index >= 15 is 0 Å². The molecule has 1 saturated heterocycles. The van der Waals surface area contributed by atoms with Gasteiger partial charge in [0.25, 0.3) is 5.91 Å². The van der Waals surface area contributed by atoms with Gasteiger partial charge in [0.2, 0.25) is 0 Å². The van der Waals surface area contributed by atoms with Crippen molar-refractivity contribution in [1.82, 2.24) is 19.7 Å². The Kier molecular flexibility index (Phi) is 6.49. The summed E-state index contributed by atoms with van der Waals surface area (Å²) < 4.78 is 7.62. The van der Waals surface area contributed by atoms with E-state index in [0.717, 1.165) is 41.1 Å². The first-order valence-electron chi connectivity index (χ1n) is 11.6. The Hall–Kier alpha value is -3.78. The highest BCUT2D eigenvalue weighted by atomic mass is 16.5. The van der Waals surface area contributed by atoms with Crippen LogP contribution in [-0.4, -0.2) is 57.5 Å². The number of nitrogens with zero attached hydrogens (tertiary/aromatic N) is 5. The first kappa shape index (κ1) is 22.0. The monoisotopic (exact) mass is 456 g/mol. The van der Waals surface area contributed by atoms with E-state index in [4.69, 9.17) is 15.6 Å². The molecule has 3 aromatic rings. The van der Waals surface area contributed by atoms with Gasteiger partial charge in [-0.2, -0.15) is 5.10 Å². The quantitative estimate of drug-likeness (QED) is 0.575. The number of aliphatic imine (C=N–C) groups is 1. The van der Waals surface area contributed by atoms with Crippen molar-refractivity contribution in [1.29, 1.82) is 0 Å². The molecule has 1 fully saturated rings. The van der Waals surface area contributed by atoms with E-state index in [0.29, 0.717) is 38.4 Å². The molecule has 0 spiro atoms. The zero-order valence-corrected chi connectivity index (χ0v) is 19.0. The number of allylic oxidation sites excluding steroid dienone is 1. The first-order valence-corrected chi connectivity index (χ1v) is 11.6. The van der Waals surface area contributed by atoms with E-state index in [1.807, 2.05) is 58.1 Å². The number of fused-ring (bicyclic) bond motifs is 1. The summed E-state index contributed by atoms with van der Waals surface area (Å²) in [6.07, 6.45) is 6.84. The average Bonchev–Trinajstić information content (AvgIpc) is 3.52. The van der Waals surface area contributed by atoms with E-state index in [1.54, 1.807) is 12.4 Å². The fourth-order valence-electron chi connectivity index (χ4n) is 4.61. The van der Waals surface area contributed by atoms with Crippen LogP contribution >= 0.6 is 0 Å². The van der Waals surface area contributed by atoms with Crippen LogP contribution in [0, 0.1) is 0 Å². The molecule has 0 saturated carbocycles. The summed E-state index contributed by atoms with van der Waals surface area (Å²) in [5, 5.41) is 4.80. The molecule has 2 aliphatic heterocycles. The smallest absolute Gasteiger partial charge is 0.258 e. The van der Waals surface area contributed by atoms with Crippen molar-refractivity contribution in [2.24, 2.45) is 10.7 Å². The molecular weight excluding hydrogens is 428 g/mol. The molecule has 2 aromatic heterocycles. The molecule has 0 bridgehead atoms. The fourth-order valence-corrected chi connectivity index (χ4v) is 4.61. The van der Waals surface area contributed by atoms with Crippen LogP contribution < -0.4 is 5.73 Å². The number of hydrogen-bond acceptors (Lipinski definition) is 6. The van der Waals surface area contributed by atoms with Crippen LogP contribution in [0.3, 0.4) is 0 Å². The van der Waals surface area contributed by atoms with Crippen molar-refractivity contribution in [2.45, 2.75) is 32.0 Å². The highest BCUT2D eigenvalue weighted by molar-refractivity contribution is 6.08. The van der Waals surface area contributed by atoms with E-state index in [9.17, 15) is 4.79 Å². The minimum Gasteiger partial charge on any atom is -0.404 e. The van der Waals surface area contributed by atoms with Crippen LogP contribution in [-0.2, 0) is 17.9 Å². The van der Waals surface area contributed by atoms with Crippen molar-refractivity contribution in [3.05, 3.63) is 77.9 Å². The Morgan fingerprint density at radius 2 is 2.03 bits per heavy atom. The lowest BCUT2D eigenvalue weighted by molar-refractivity contribution is 0.0690. The van der Waals surface area contributed by atoms with E-state index < -0.39 is 0 Å². The van der Waals surface area contributed by atoms with Crippen LogP contribution in [0.15, 0.2) is 65.9 Å². The summed E-state index contributed by atoms with van der Waals surface area (Å²) >= 11 is 0. The Bertz CT molecular complexity index is 1200. The number of likely N-dealkylation sites (tertiary alicyclic amines) is 1. The Morgan fingerprint density at radius 3 is 2.82 bits per heavy atom. The molecule has 0 unspecified atom stereocenters. The summed E-state index contributed by atoms with van der Waals surface area (Å²) in [6.45, 7) is 2.87. The Labute approximate surface area is 198 Å². The summed E-state index contributed by atoms with van der Waals surface area (Å²) in [4.78, 5) is 24.8. The van der Waals surface area contributed by atoms with Crippen LogP contribution in [0.1, 0.15) is 34.6 Å². The SMILES string of the molecule is N/C=C(\C=NC[C@@H]1CCCN1C(=O)c1c(-c2ccccc2)nn2c1COCC2)c1ccccn1. The molecule has 0 aliphatic carbocycles. The second-order valence-electron chi connectivity index (χ2n) is 8.44. The Morgan fingerprint density at radius 1 is 1.18 bits per heavy atom. The van der Waals surface area contributed by atoms with Crippen LogP contribution in [0.25, 0.3) is 16.8 Å². The van der Waals surface area contributed by atoms with Gasteiger partial charge in [-0.3, -0.25) is 19.5 Å². The molecule has 1 atom stereocenters. The molecule has 0 radical (unpaired) electrons. The van der Waals surface area contributed by atoms with Gasteiger partial charge in [-0.15, -0.1) is 0 Å². The molecule has 4 heterocycles. The second-order valence-corrected chi connectivity index (χ2v) is 8.44. The zero-order chi connectivity index (χ0) is 23.3. The lowest BCUT2D eigenvalue weighted by Gasteiger charge is -2.24. The third-order valence-corrected chi connectivity index (χ3v) is 6.33. The van der Waals surface area contributed by atoms with E-state index in [1.165, 1.54) is 6.20 Å². The van der Waals surface area contributed by atoms with Gasteiger partial charge < -0.3 is 15.4 Å². The average molecular weight is 457 g/mol. The number of benzene rings is 1. The maximum Gasteiger partial charge on any atom is 0.258 e. The van der Waals surface area contributed by atoms with Gasteiger partial charge >= 0.3 is 0 Å². The maximum absolute atomic E-state index is 13.9. The van der Waals surface area contributed by atoms with Crippen LogP contribution in [0.5, 0.6) is 0 Å². The number of rotatable bonds is 6. The van der Waals surface area contributed by atoms with Crippen molar-refractivity contribution in [3.8, 4) is 11.3 Å². The van der Waals surface area contributed by atoms with Crippen molar-refractivity contribution < 1.29 is 9.53 Å². The third kappa shape index (κ3) is 4.36. The molecule has 8 nitrogen and oxygen atoms in total. The van der Waals surface area contributed by atoms with Gasteiger partial charge in [-0.05, 0) is 25.0 Å². The number of carbonyl (C=O) groups excluding carboxylic acids is 1. The highest BCUT2D eigenvalue weighted by Crippen LogP contribution is 2.31. The van der Waals surface area contributed by atoms with E-state index in [2.05, 4.69) is 9.98 Å². The number of aromatic nitrogens is 3. The van der Waals surface area contributed by atoms with E-state index in [-0.39, 0.29) is 11.9 Å². The van der Waals surface area contributed by atoms with Gasteiger partial charge in [0.05, 0.1) is 49.3 Å². The number of hydrogen-bond donors (Lipinski definition) is 1. The van der Waals surface area contributed by atoms with Crippen LogP contribution in [0.2, 0.25) is 0 Å². The van der Waals surface area contributed by atoms with Crippen molar-refractivity contribution in [2.75, 3.05) is 19.7 Å². The number of ether oxygens (including phenoxy) is 1. The zero-order valence-electron chi connectivity index (χ0n) is 19.0. The summed E-state index contributed by atoms with van der Waals surface area (Å²) in [7, 11) is 0. The molecule has 8 heteroatoms. The van der Waals surface area contributed by atoms with Gasteiger partial charge in [0.1, 0.15) is 5.69 Å². The second kappa shape index (κ2) is 10.0. The van der Waals surface area contributed by atoms with Gasteiger partial charge in [0, 0.05) is 36.3 Å². The number of carbonyl (C=O) groups is 1. The highest BCUT2D eigenvalue weighted by Gasteiger charge is 2.35. The lowest BCUT2D eigenvalue weighted by Crippen LogP contribution is -2.38. The first-order chi connectivity index (χ1) is 16.8. The lowest BCUT2D eigenvalue weighted by atomic mass is 10.0. The molecule has 1 aromatic carbocycles. The molecular formula is C26H28N6O2. The van der Waals surface area contributed by atoms with Crippen LogP contribution in [0.4, 0.5) is 0 Å². The number of nitrogens with two attached hydrogens (primary N) is 1. The van der Waals surface area contributed by atoms with Gasteiger partial charge in [-0.25, -0.2) is 0 Å². The molecule has 1 amide bonds. The minimum atomic E-state index is 0.00243. The summed E-state index contributed by atoms with van der Waals surface area (Å²) in [5.41, 5.74) is 10.5. The predicted octanol–water partition coefficient (Wildman–Crippen LogP) is 3.15. The van der Waals surface area contributed by atoms with Gasteiger partial charge in [-0.1, -0.05) is 36.4 Å². The molecule has 34 heavy (non-hydrogen) atoms. The molecule has 174 valence electrons. The third-order valence-electron chi connectivity index (χ3n) is 6.33. The fraction of sp³-hybridized carbons (Fsp3) is 0.308. The Balaban J connectivity index is 1.39. The number of pyridine rings is 1.